The quantitative estimate of drug-likeness (QED) is 0.535. The fourth-order valence-corrected chi connectivity index (χ4v) is 3.35. The molecule has 0 unspecified atom stereocenters. The summed E-state index contributed by atoms with van der Waals surface area (Å²) in [5.41, 5.74) is 3.89. The van der Waals surface area contributed by atoms with Crippen molar-refractivity contribution in [2.45, 2.75) is 6.92 Å². The normalized spacial score (nSPS) is 14.9. The average molecular weight is 339 g/mol. The fourth-order valence-electron chi connectivity index (χ4n) is 3.35. The monoisotopic (exact) mass is 339 g/mol. The van der Waals surface area contributed by atoms with Crippen molar-refractivity contribution in [3.05, 3.63) is 52.1 Å². The number of rotatable bonds is 3. The van der Waals surface area contributed by atoms with E-state index in [0.717, 1.165) is 31.9 Å². The van der Waals surface area contributed by atoms with Crippen LogP contribution in [0.4, 0.5) is 17.1 Å². The van der Waals surface area contributed by atoms with Gasteiger partial charge in [0.15, 0.2) is 5.52 Å². The molecular weight excluding hydrogens is 322 g/mol. The van der Waals surface area contributed by atoms with E-state index in [1.807, 2.05) is 6.07 Å². The van der Waals surface area contributed by atoms with Crippen molar-refractivity contribution in [3.63, 3.8) is 0 Å². The summed E-state index contributed by atoms with van der Waals surface area (Å²) in [7, 11) is 0. The molecule has 1 aromatic heterocycles. The molecule has 1 saturated heterocycles. The van der Waals surface area contributed by atoms with Gasteiger partial charge in [-0.15, -0.1) is 0 Å². The molecule has 8 heteroatoms. The molecule has 2 heterocycles. The maximum absolute atomic E-state index is 11.1. The number of piperazine rings is 1. The number of anilines is 2. The molecule has 2 aromatic carbocycles. The van der Waals surface area contributed by atoms with E-state index in [4.69, 9.17) is 4.63 Å². The molecule has 0 spiro atoms. The summed E-state index contributed by atoms with van der Waals surface area (Å²) in [6, 6.07) is 11.5. The lowest BCUT2D eigenvalue weighted by Crippen LogP contribution is -2.46. The first-order valence-electron chi connectivity index (χ1n) is 8.10. The second kappa shape index (κ2) is 6.04. The van der Waals surface area contributed by atoms with Crippen LogP contribution in [0.5, 0.6) is 0 Å². The van der Waals surface area contributed by atoms with E-state index in [2.05, 4.69) is 45.2 Å². The summed E-state index contributed by atoms with van der Waals surface area (Å²) < 4.78 is 4.75. The largest absolute Gasteiger partial charge is 0.368 e. The highest BCUT2D eigenvalue weighted by molar-refractivity contribution is 5.93. The molecule has 0 bridgehead atoms. The first-order valence-corrected chi connectivity index (χ1v) is 8.10. The minimum absolute atomic E-state index is 0.0847. The number of non-ortho nitro benzene ring substituents is 1. The van der Waals surface area contributed by atoms with Gasteiger partial charge in [0, 0.05) is 37.9 Å². The Kier molecular flexibility index (Phi) is 3.72. The Morgan fingerprint density at radius 2 is 1.60 bits per heavy atom. The predicted octanol–water partition coefficient (Wildman–Crippen LogP) is 2.77. The van der Waals surface area contributed by atoms with Crippen molar-refractivity contribution in [2.24, 2.45) is 0 Å². The topological polar surface area (TPSA) is 88.5 Å². The van der Waals surface area contributed by atoms with Crippen LogP contribution >= 0.6 is 0 Å². The highest BCUT2D eigenvalue weighted by Crippen LogP contribution is 2.32. The van der Waals surface area contributed by atoms with Crippen molar-refractivity contribution in [2.75, 3.05) is 36.0 Å². The zero-order valence-electron chi connectivity index (χ0n) is 13.8. The molecule has 1 aliphatic heterocycles. The Morgan fingerprint density at radius 3 is 2.28 bits per heavy atom. The Morgan fingerprint density at radius 1 is 0.960 bits per heavy atom. The Bertz CT molecular complexity index is 931. The molecule has 0 N–H and O–H groups in total. The number of nitro groups is 1. The number of aryl methyl sites for hydroxylation is 1. The third-order valence-corrected chi connectivity index (χ3v) is 4.65. The summed E-state index contributed by atoms with van der Waals surface area (Å²) in [6.07, 6.45) is 0. The molecule has 4 rings (SSSR count). The molecule has 0 saturated carbocycles. The van der Waals surface area contributed by atoms with Gasteiger partial charge in [0.05, 0.1) is 10.6 Å². The zero-order chi connectivity index (χ0) is 17.4. The van der Waals surface area contributed by atoms with Gasteiger partial charge in [-0.2, -0.15) is 0 Å². The van der Waals surface area contributed by atoms with Crippen LogP contribution in [0, 0.1) is 17.0 Å². The second-order valence-corrected chi connectivity index (χ2v) is 6.08. The number of para-hydroxylation sites is 1. The van der Waals surface area contributed by atoms with Crippen LogP contribution in [0.2, 0.25) is 0 Å². The minimum atomic E-state index is -0.466. The van der Waals surface area contributed by atoms with E-state index in [-0.39, 0.29) is 11.2 Å². The van der Waals surface area contributed by atoms with Gasteiger partial charge < -0.3 is 9.80 Å². The Labute approximate surface area is 143 Å². The van der Waals surface area contributed by atoms with Crippen molar-refractivity contribution < 1.29 is 9.55 Å². The summed E-state index contributed by atoms with van der Waals surface area (Å²) in [5, 5.41) is 18.7. The highest BCUT2D eigenvalue weighted by Gasteiger charge is 2.25. The van der Waals surface area contributed by atoms with E-state index in [0.29, 0.717) is 5.52 Å². The van der Waals surface area contributed by atoms with Crippen molar-refractivity contribution in [3.8, 4) is 0 Å². The maximum Gasteiger partial charge on any atom is 0.300 e. The lowest BCUT2D eigenvalue weighted by molar-refractivity contribution is -0.383. The summed E-state index contributed by atoms with van der Waals surface area (Å²) in [4.78, 5) is 15.2. The lowest BCUT2D eigenvalue weighted by atomic mass is 10.1. The molecule has 0 radical (unpaired) electrons. The van der Waals surface area contributed by atoms with Gasteiger partial charge in [0.25, 0.3) is 0 Å². The van der Waals surface area contributed by atoms with Crippen LogP contribution in [0.1, 0.15) is 5.56 Å². The standard InChI is InChI=1S/C17H17N5O3/c1-12-4-2-3-5-13(12)20-8-10-21(11-9-20)14-6-7-15(22(23)24)17-16(14)18-25-19-17/h2-7H,8-11H2,1H3. The summed E-state index contributed by atoms with van der Waals surface area (Å²) in [5.74, 6) is 0. The number of fused-ring (bicyclic) bond motifs is 1. The molecule has 0 atom stereocenters. The van der Waals surface area contributed by atoms with Gasteiger partial charge in [-0.25, -0.2) is 4.63 Å². The van der Waals surface area contributed by atoms with Crippen molar-refractivity contribution in [1.29, 1.82) is 0 Å². The summed E-state index contributed by atoms with van der Waals surface area (Å²) >= 11 is 0. The van der Waals surface area contributed by atoms with Gasteiger partial charge >= 0.3 is 5.69 Å². The first-order chi connectivity index (χ1) is 12.1. The Hall–Kier alpha value is -3.16. The van der Waals surface area contributed by atoms with Crippen LogP contribution in [0.3, 0.4) is 0 Å². The van der Waals surface area contributed by atoms with E-state index in [9.17, 15) is 10.1 Å². The van der Waals surface area contributed by atoms with E-state index >= 15 is 0 Å². The number of aromatic nitrogens is 2. The highest BCUT2D eigenvalue weighted by atomic mass is 16.6. The molecular formula is C17H17N5O3. The Balaban J connectivity index is 1.58. The number of nitro benzene ring substituents is 1. The van der Waals surface area contributed by atoms with Crippen molar-refractivity contribution >= 4 is 28.1 Å². The number of hydrogen-bond acceptors (Lipinski definition) is 7. The smallest absolute Gasteiger partial charge is 0.300 e. The molecule has 1 aliphatic rings. The minimum Gasteiger partial charge on any atom is -0.368 e. The summed E-state index contributed by atoms with van der Waals surface area (Å²) in [6.45, 7) is 5.45. The van der Waals surface area contributed by atoms with E-state index in [1.165, 1.54) is 17.3 Å². The third kappa shape index (κ3) is 2.65. The van der Waals surface area contributed by atoms with E-state index in [1.54, 1.807) is 6.07 Å². The zero-order valence-corrected chi connectivity index (χ0v) is 13.8. The lowest BCUT2D eigenvalue weighted by Gasteiger charge is -2.37. The third-order valence-electron chi connectivity index (χ3n) is 4.65. The SMILES string of the molecule is Cc1ccccc1N1CCN(c2ccc([N+](=O)[O-])c3nonc23)CC1. The first kappa shape index (κ1) is 15.4. The molecule has 1 fully saturated rings. The van der Waals surface area contributed by atoms with Gasteiger partial charge in [0.1, 0.15) is 0 Å². The van der Waals surface area contributed by atoms with Gasteiger partial charge in [-0.05, 0) is 34.9 Å². The van der Waals surface area contributed by atoms with Crippen LogP contribution in [-0.2, 0) is 0 Å². The molecule has 0 amide bonds. The van der Waals surface area contributed by atoms with Crippen LogP contribution in [0.15, 0.2) is 41.0 Å². The maximum atomic E-state index is 11.1. The van der Waals surface area contributed by atoms with Crippen LogP contribution < -0.4 is 9.80 Å². The van der Waals surface area contributed by atoms with E-state index < -0.39 is 4.92 Å². The van der Waals surface area contributed by atoms with Crippen LogP contribution in [-0.4, -0.2) is 41.4 Å². The number of nitrogens with zero attached hydrogens (tertiary/aromatic N) is 5. The fraction of sp³-hybridized carbons (Fsp3) is 0.294. The predicted molar refractivity (Wildman–Crippen MR) is 94.1 cm³/mol. The average Bonchev–Trinajstić information content (AvgIpc) is 3.11. The number of hydrogen-bond donors (Lipinski definition) is 0. The van der Waals surface area contributed by atoms with Crippen molar-refractivity contribution in [1.82, 2.24) is 10.3 Å². The molecule has 128 valence electrons. The molecule has 25 heavy (non-hydrogen) atoms. The van der Waals surface area contributed by atoms with Gasteiger partial charge in [-0.1, -0.05) is 18.2 Å². The van der Waals surface area contributed by atoms with Gasteiger partial charge in [-0.3, -0.25) is 10.1 Å². The molecule has 0 aliphatic carbocycles. The molecule has 3 aromatic rings. The van der Waals surface area contributed by atoms with Crippen LogP contribution in [0.25, 0.3) is 11.0 Å². The molecule has 8 nitrogen and oxygen atoms in total. The second-order valence-electron chi connectivity index (χ2n) is 6.08. The van der Waals surface area contributed by atoms with Gasteiger partial charge in [0.2, 0.25) is 5.52 Å². The number of benzene rings is 2.